The zero-order valence-corrected chi connectivity index (χ0v) is 38.1. The molecule has 0 saturated carbocycles. The van der Waals surface area contributed by atoms with Crippen LogP contribution in [0.4, 0.5) is 0 Å². The minimum atomic E-state index is -0.0102. The number of carbonyl (C=O) groups excluding carboxylic acids is 2. The Kier molecular flexibility index (Phi) is 43.1. The van der Waals surface area contributed by atoms with Gasteiger partial charge in [0, 0.05) is 25.9 Å². The normalized spacial score (nSPS) is 11.7. The second kappa shape index (κ2) is 44.0. The van der Waals surface area contributed by atoms with Crippen LogP contribution in [0.15, 0.2) is 0 Å². The summed E-state index contributed by atoms with van der Waals surface area (Å²) in [5, 5.41) is 0. The van der Waals surface area contributed by atoms with Gasteiger partial charge in [-0.2, -0.15) is 0 Å². The van der Waals surface area contributed by atoms with Gasteiger partial charge in [-0.1, -0.05) is 176 Å². The predicted molar refractivity (Wildman–Crippen MR) is 239 cm³/mol. The molecule has 0 aliphatic rings. The van der Waals surface area contributed by atoms with E-state index < -0.39 is 0 Å². The van der Waals surface area contributed by atoms with Gasteiger partial charge in [-0.3, -0.25) is 9.59 Å². The van der Waals surface area contributed by atoms with E-state index in [1.165, 1.54) is 161 Å². The van der Waals surface area contributed by atoms with E-state index in [9.17, 15) is 9.59 Å². The fourth-order valence-electron chi connectivity index (χ4n) is 7.76. The monoisotopic (exact) mass is 779 g/mol. The van der Waals surface area contributed by atoms with Gasteiger partial charge in [0.05, 0.1) is 6.61 Å². The summed E-state index contributed by atoms with van der Waals surface area (Å²) in [6.45, 7) is 18.8. The lowest BCUT2D eigenvalue weighted by Gasteiger charge is -2.27. The van der Waals surface area contributed by atoms with Crippen molar-refractivity contribution in [2.45, 2.75) is 259 Å². The molecule has 0 spiro atoms. The number of nitrogens with zero attached hydrogens (tertiary/aromatic N) is 2. The molecule has 0 bridgehead atoms. The van der Waals surface area contributed by atoms with Crippen LogP contribution in [0, 0.1) is 0 Å². The van der Waals surface area contributed by atoms with Crippen LogP contribution in [-0.2, 0) is 19.1 Å². The first-order chi connectivity index (χ1) is 27.0. The highest BCUT2D eigenvalue weighted by molar-refractivity contribution is 5.69. The third-order valence-corrected chi connectivity index (χ3v) is 11.5. The maximum absolute atomic E-state index is 12.8. The molecular formula is C49H98N2O4. The molecule has 0 unspecified atom stereocenters. The van der Waals surface area contributed by atoms with Gasteiger partial charge in [0.2, 0.25) is 0 Å². The van der Waals surface area contributed by atoms with Gasteiger partial charge in [0.15, 0.2) is 0 Å². The van der Waals surface area contributed by atoms with E-state index in [1.54, 1.807) is 0 Å². The maximum atomic E-state index is 12.8. The van der Waals surface area contributed by atoms with Crippen LogP contribution in [-0.4, -0.2) is 73.7 Å². The lowest BCUT2D eigenvalue weighted by Crippen LogP contribution is -2.36. The summed E-state index contributed by atoms with van der Waals surface area (Å²) in [6.07, 6.45) is 40.5. The number of hydrogen-bond acceptors (Lipinski definition) is 6. The molecule has 0 rings (SSSR count). The Morgan fingerprint density at radius 2 is 0.782 bits per heavy atom. The Bertz CT molecular complexity index is 777. The molecule has 0 atom stereocenters. The number of ether oxygens (including phenoxy) is 2. The first-order valence-corrected chi connectivity index (χ1v) is 24.8. The Morgan fingerprint density at radius 3 is 1.27 bits per heavy atom. The van der Waals surface area contributed by atoms with Crippen LogP contribution in [0.3, 0.4) is 0 Å². The van der Waals surface area contributed by atoms with Crippen LogP contribution in [0.1, 0.15) is 253 Å². The molecule has 0 radical (unpaired) electrons. The second-order valence-corrected chi connectivity index (χ2v) is 16.9. The predicted octanol–water partition coefficient (Wildman–Crippen LogP) is 14.4. The van der Waals surface area contributed by atoms with E-state index in [4.69, 9.17) is 9.47 Å². The largest absolute Gasteiger partial charge is 0.466 e. The summed E-state index contributed by atoms with van der Waals surface area (Å²) >= 11 is 0. The summed E-state index contributed by atoms with van der Waals surface area (Å²) in [5.41, 5.74) is 0. The van der Waals surface area contributed by atoms with Crippen LogP contribution in [0.2, 0.25) is 0 Å². The Labute approximate surface area is 344 Å². The van der Waals surface area contributed by atoms with Crippen molar-refractivity contribution in [3.8, 4) is 0 Å². The Hall–Kier alpha value is -1.14. The standard InChI is InChI=1S/C49H98N2O4/c1-6-11-14-17-20-21-22-28-36-46-54-48(52)39-33-29-35-43-51(45-44-50(10-5)41-9-4)42-34-27-23-26-32-40-49(53)55-47(37-30-24-18-15-12-7-2)38-31-25-19-16-13-8-3/h47H,6-46H2,1-5H3. The SMILES string of the molecule is CCCCCCCCCCCOC(=O)CCCCCN(CCCCCCCC(=O)OC(CCCCCCCC)CCCCCCCC)CCN(CC)CCC. The molecular weight excluding hydrogens is 681 g/mol. The second-order valence-electron chi connectivity index (χ2n) is 16.9. The van der Waals surface area contributed by atoms with Gasteiger partial charge >= 0.3 is 11.9 Å². The van der Waals surface area contributed by atoms with E-state index in [0.29, 0.717) is 19.4 Å². The molecule has 0 aliphatic heterocycles. The summed E-state index contributed by atoms with van der Waals surface area (Å²) in [5.74, 6) is 0.0248. The molecule has 0 amide bonds. The number of esters is 2. The first kappa shape index (κ1) is 53.9. The minimum Gasteiger partial charge on any atom is -0.466 e. The molecule has 0 saturated heterocycles. The molecule has 0 heterocycles. The third kappa shape index (κ3) is 39.5. The fraction of sp³-hybridized carbons (Fsp3) is 0.959. The molecule has 0 fully saturated rings. The van der Waals surface area contributed by atoms with Crippen LogP contribution in [0.5, 0.6) is 0 Å². The number of rotatable bonds is 45. The van der Waals surface area contributed by atoms with Gasteiger partial charge in [0.1, 0.15) is 6.10 Å². The molecule has 0 aliphatic carbocycles. The van der Waals surface area contributed by atoms with Gasteiger partial charge in [0.25, 0.3) is 0 Å². The van der Waals surface area contributed by atoms with Crippen molar-refractivity contribution >= 4 is 11.9 Å². The quantitative estimate of drug-likeness (QED) is 0.0453. The molecule has 328 valence electrons. The van der Waals surface area contributed by atoms with E-state index in [-0.39, 0.29) is 18.0 Å². The van der Waals surface area contributed by atoms with Gasteiger partial charge < -0.3 is 19.3 Å². The molecule has 0 aromatic carbocycles. The van der Waals surface area contributed by atoms with E-state index in [1.807, 2.05) is 0 Å². The molecule has 6 nitrogen and oxygen atoms in total. The molecule has 0 N–H and O–H groups in total. The number of likely N-dealkylation sites (N-methyl/N-ethyl adjacent to an activating group) is 1. The van der Waals surface area contributed by atoms with Crippen molar-refractivity contribution in [2.24, 2.45) is 0 Å². The Morgan fingerprint density at radius 1 is 0.382 bits per heavy atom. The van der Waals surface area contributed by atoms with Gasteiger partial charge in [-0.25, -0.2) is 0 Å². The summed E-state index contributed by atoms with van der Waals surface area (Å²) < 4.78 is 11.6. The zero-order chi connectivity index (χ0) is 40.3. The molecule has 0 aromatic rings. The summed E-state index contributed by atoms with van der Waals surface area (Å²) in [4.78, 5) is 30.3. The molecule has 55 heavy (non-hydrogen) atoms. The minimum absolute atomic E-state index is 0.0102. The molecule has 0 aromatic heterocycles. The first-order valence-electron chi connectivity index (χ1n) is 24.8. The van der Waals surface area contributed by atoms with Crippen LogP contribution < -0.4 is 0 Å². The highest BCUT2D eigenvalue weighted by atomic mass is 16.5. The smallest absolute Gasteiger partial charge is 0.306 e. The fourth-order valence-corrected chi connectivity index (χ4v) is 7.76. The van der Waals surface area contributed by atoms with Crippen molar-refractivity contribution < 1.29 is 19.1 Å². The van der Waals surface area contributed by atoms with Gasteiger partial charge in [-0.15, -0.1) is 0 Å². The van der Waals surface area contributed by atoms with Crippen molar-refractivity contribution in [1.29, 1.82) is 0 Å². The van der Waals surface area contributed by atoms with Crippen molar-refractivity contribution in [1.82, 2.24) is 9.80 Å². The number of unbranched alkanes of at least 4 members (excludes halogenated alkanes) is 24. The van der Waals surface area contributed by atoms with E-state index in [2.05, 4.69) is 44.4 Å². The highest BCUT2D eigenvalue weighted by Gasteiger charge is 2.15. The summed E-state index contributed by atoms with van der Waals surface area (Å²) in [7, 11) is 0. The average Bonchev–Trinajstić information content (AvgIpc) is 3.18. The lowest BCUT2D eigenvalue weighted by molar-refractivity contribution is -0.150. The average molecular weight is 779 g/mol. The van der Waals surface area contributed by atoms with Crippen molar-refractivity contribution in [3.05, 3.63) is 0 Å². The zero-order valence-electron chi connectivity index (χ0n) is 38.1. The number of carbonyl (C=O) groups is 2. The maximum Gasteiger partial charge on any atom is 0.306 e. The third-order valence-electron chi connectivity index (χ3n) is 11.5. The van der Waals surface area contributed by atoms with Crippen LogP contribution in [0.25, 0.3) is 0 Å². The van der Waals surface area contributed by atoms with Crippen molar-refractivity contribution in [2.75, 3.05) is 45.9 Å². The summed E-state index contributed by atoms with van der Waals surface area (Å²) in [6, 6.07) is 0. The highest BCUT2D eigenvalue weighted by Crippen LogP contribution is 2.19. The Balaban J connectivity index is 4.34. The van der Waals surface area contributed by atoms with E-state index >= 15 is 0 Å². The van der Waals surface area contributed by atoms with E-state index in [0.717, 1.165) is 84.1 Å². The van der Waals surface area contributed by atoms with Crippen molar-refractivity contribution in [3.63, 3.8) is 0 Å². The molecule has 6 heteroatoms. The lowest BCUT2D eigenvalue weighted by atomic mass is 10.0. The topological polar surface area (TPSA) is 59.1 Å². The van der Waals surface area contributed by atoms with Gasteiger partial charge in [-0.05, 0) is 90.4 Å². The number of hydrogen-bond donors (Lipinski definition) is 0. The van der Waals surface area contributed by atoms with Crippen LogP contribution >= 0.6 is 0 Å².